The van der Waals surface area contributed by atoms with E-state index in [0.29, 0.717) is 49.0 Å². The average molecular weight is 2010 g/mol. The van der Waals surface area contributed by atoms with Crippen LogP contribution in [0.4, 0.5) is 68.3 Å². The summed E-state index contributed by atoms with van der Waals surface area (Å²) in [6.07, 6.45) is -17.1. The lowest BCUT2D eigenvalue weighted by molar-refractivity contribution is -0.173. The Morgan fingerprint density at radius 3 is 1.10 bits per heavy atom. The molecule has 0 unspecified atom stereocenters. The number of carbonyl (C=O) groups is 12. The fraction of sp³-hybridized carbons (Fsp3) is 0.371. The van der Waals surface area contributed by atoms with E-state index in [4.69, 9.17) is 24.7 Å². The Morgan fingerprint density at radius 2 is 0.724 bits per heavy atom. The number of benzene rings is 9. The van der Waals surface area contributed by atoms with Crippen molar-refractivity contribution in [3.63, 3.8) is 0 Å². The van der Waals surface area contributed by atoms with E-state index in [0.717, 1.165) is 84.8 Å². The summed E-state index contributed by atoms with van der Waals surface area (Å²) in [5.41, 5.74) is 9.20. The van der Waals surface area contributed by atoms with E-state index >= 15 is 0 Å². The van der Waals surface area contributed by atoms with Gasteiger partial charge in [-0.05, 0) is 138 Å². The highest BCUT2D eigenvalue weighted by Gasteiger charge is 2.57. The molecule has 9 atom stereocenters. The first-order valence-electron chi connectivity index (χ1n) is 47.4. The number of urea groups is 2. The van der Waals surface area contributed by atoms with Crippen LogP contribution in [0.3, 0.4) is 0 Å². The standard InChI is InChI=1S/C36H40F3N5O5.C36H35F3N4O4.C33H39F3N6O7/c1-3-14-40-34(47)41-19-30-33(46)42(20-26-12-8-5-9-13-26)22-31-43(21-28(32(45)44(30)31)17-25-10-6-4-7-11-25)35(48)49-23-27-15-24(2)16-29(18-27)36(37,38)39;1-23-13-26(17-30(14-23)36(37,38)39)22-47-35(46)42-20-29(16-25-11-12-27-9-5-6-10-28(27)15-25)33(44)43-31(18-40)34(45)41(21-32(42)43)19-24-7-3-2-4-8-24;1-4-11-37-30(45)38-16-26-29(44)40(17-22-9-7-6-8-10-22)19-27-41(18-25(28(43)42(26)27)39-31(46)48-12-5-2)32(47)49-20-23-13-21(3)14-24(15-23)33(34,35)36/h4-13,15-16,18,28,30-31H,3,14,17,19-23H2,1-2H3,(H2,40,41,47);2-15,17,29,31-32H,16,18-22,40H2,1H3;5-10,13-15,25-27H,2,4,11-12,16-20H2,1,3H3,(H,39,46)(H2,37,38,45)/t28-,30-,31+;29-,31-,32+;25-,26-,27+/m000/s1. The molecule has 9 aromatic carbocycles. The molecule has 15 rings (SSSR count). The first-order valence-corrected chi connectivity index (χ1v) is 47.4. The van der Waals surface area contributed by atoms with Crippen molar-refractivity contribution in [2.45, 2.75) is 161 Å². The number of piperazine rings is 3. The Bertz CT molecular complexity index is 6140. The molecule has 9 aromatic rings. The molecule has 0 aliphatic carbocycles. The van der Waals surface area contributed by atoms with Crippen LogP contribution in [0.15, 0.2) is 231 Å². The van der Waals surface area contributed by atoms with Crippen LogP contribution in [-0.2, 0) is 119 Å². The number of halogens is 9. The lowest BCUT2D eigenvalue weighted by Crippen LogP contribution is -2.77. The molecule has 0 radical (unpaired) electrons. The van der Waals surface area contributed by atoms with Gasteiger partial charge in [0, 0.05) is 65.4 Å². The molecule has 0 aromatic heterocycles. The number of hydrogen-bond acceptors (Lipinski definition) is 17. The number of rotatable bonds is 28. The molecule has 6 saturated heterocycles. The molecule has 6 aliphatic heterocycles. The Kier molecular flexibility index (Phi) is 35.6. The van der Waals surface area contributed by atoms with Crippen LogP contribution in [0.5, 0.6) is 0 Å². The van der Waals surface area contributed by atoms with Crippen LogP contribution >= 0.6 is 0 Å². The largest absolute Gasteiger partial charge is 0.445 e. The Labute approximate surface area is 831 Å². The highest BCUT2D eigenvalue weighted by Crippen LogP contribution is 2.39. The molecule has 0 spiro atoms. The molecule has 0 saturated carbocycles. The number of amides is 14. The molecule has 0 bridgehead atoms. The summed E-state index contributed by atoms with van der Waals surface area (Å²) in [6, 6.07) is 54.9. The van der Waals surface area contributed by atoms with Crippen molar-refractivity contribution in [3.05, 3.63) is 309 Å². The fourth-order valence-corrected chi connectivity index (χ4v) is 18.5. The molecular formula is C105H114F9N15O16. The van der Waals surface area contributed by atoms with Crippen LogP contribution in [0.25, 0.3) is 10.8 Å². The lowest BCUT2D eigenvalue weighted by atomic mass is 9.91. The molecule has 14 amide bonds. The Morgan fingerprint density at radius 1 is 0.379 bits per heavy atom. The molecule has 768 valence electrons. The Balaban J connectivity index is 0.000000182. The molecule has 6 heterocycles. The van der Waals surface area contributed by atoms with Crippen molar-refractivity contribution in [2.24, 2.45) is 17.6 Å². The van der Waals surface area contributed by atoms with Crippen LogP contribution in [0.1, 0.15) is 105 Å². The van der Waals surface area contributed by atoms with Gasteiger partial charge < -0.3 is 80.7 Å². The number of hydrogen-bond donors (Lipinski definition) is 6. The quantitative estimate of drug-likeness (QED) is 0.0151. The molecule has 145 heavy (non-hydrogen) atoms. The van der Waals surface area contributed by atoms with Gasteiger partial charge in [-0.15, -0.1) is 0 Å². The van der Waals surface area contributed by atoms with E-state index in [1.807, 2.05) is 153 Å². The maximum absolute atomic E-state index is 14.3. The zero-order chi connectivity index (χ0) is 104. The number of ether oxygens (including phenoxy) is 4. The van der Waals surface area contributed by atoms with Gasteiger partial charge in [-0.2, -0.15) is 39.5 Å². The van der Waals surface area contributed by atoms with Gasteiger partial charge in [-0.3, -0.25) is 43.5 Å². The smallest absolute Gasteiger partial charge is 0.416 e. The van der Waals surface area contributed by atoms with E-state index in [-0.39, 0.29) is 119 Å². The van der Waals surface area contributed by atoms with E-state index in [1.165, 1.54) is 62.6 Å². The lowest BCUT2D eigenvalue weighted by Gasteiger charge is -2.53. The van der Waals surface area contributed by atoms with Crippen LogP contribution < -0.4 is 32.3 Å². The molecule has 6 aliphatic rings. The minimum Gasteiger partial charge on any atom is -0.445 e. The van der Waals surface area contributed by atoms with Gasteiger partial charge >= 0.3 is 55.0 Å². The summed E-state index contributed by atoms with van der Waals surface area (Å²) in [5.74, 6) is -4.05. The van der Waals surface area contributed by atoms with Crippen molar-refractivity contribution < 1.29 is 116 Å². The molecule has 31 nitrogen and oxygen atoms in total. The van der Waals surface area contributed by atoms with Gasteiger partial charge in [0.25, 0.3) is 0 Å². The molecule has 7 N–H and O–H groups in total. The third-order valence-electron chi connectivity index (χ3n) is 25.2. The van der Waals surface area contributed by atoms with Gasteiger partial charge in [0.15, 0.2) is 0 Å². The van der Waals surface area contributed by atoms with E-state index in [2.05, 4.69) is 33.2 Å². The second-order valence-corrected chi connectivity index (χ2v) is 36.1. The van der Waals surface area contributed by atoms with E-state index in [1.54, 1.807) is 41.0 Å². The van der Waals surface area contributed by atoms with E-state index in [9.17, 15) is 97.0 Å². The number of nitrogens with zero attached hydrogens (tertiary/aromatic N) is 9. The second-order valence-electron chi connectivity index (χ2n) is 36.1. The Hall–Kier alpha value is -15.3. The first-order chi connectivity index (χ1) is 69.3. The number of alkyl carbamates (subject to hydrolysis) is 1. The topological polar surface area (TPSA) is 357 Å². The predicted octanol–water partition coefficient (Wildman–Crippen LogP) is 14.1. The van der Waals surface area contributed by atoms with Gasteiger partial charge in [0.1, 0.15) is 69.1 Å². The maximum Gasteiger partial charge on any atom is 0.416 e. The third-order valence-corrected chi connectivity index (χ3v) is 25.2. The maximum atomic E-state index is 14.3. The number of nitrogens with one attached hydrogen (secondary N) is 5. The molecule has 40 heteroatoms. The summed E-state index contributed by atoms with van der Waals surface area (Å²) in [6.45, 7) is 10.3. The highest BCUT2D eigenvalue weighted by molar-refractivity contribution is 5.96. The van der Waals surface area contributed by atoms with Gasteiger partial charge in [-0.1, -0.05) is 225 Å². The fourth-order valence-electron chi connectivity index (χ4n) is 18.5. The van der Waals surface area contributed by atoms with Crippen molar-refractivity contribution in [1.29, 1.82) is 0 Å². The van der Waals surface area contributed by atoms with Crippen molar-refractivity contribution in [2.75, 3.05) is 78.6 Å². The van der Waals surface area contributed by atoms with E-state index < -0.39 is 170 Å². The van der Waals surface area contributed by atoms with Gasteiger partial charge in [0.2, 0.25) is 35.4 Å². The van der Waals surface area contributed by atoms with Crippen LogP contribution in [0, 0.1) is 32.6 Å². The number of fused-ring (bicyclic) bond motifs is 4. The van der Waals surface area contributed by atoms with Crippen molar-refractivity contribution in [1.82, 2.24) is 70.7 Å². The predicted molar refractivity (Wildman–Crippen MR) is 514 cm³/mol. The number of aryl methyl sites for hydroxylation is 3. The summed E-state index contributed by atoms with van der Waals surface area (Å²) >= 11 is 0. The number of alkyl halides is 9. The zero-order valence-corrected chi connectivity index (χ0v) is 80.4. The highest BCUT2D eigenvalue weighted by atomic mass is 19.4. The minimum atomic E-state index is -4.62. The number of nitrogens with two attached hydrogens (primary N) is 1. The second kappa shape index (κ2) is 48.2. The molecule has 6 fully saturated rings. The average Bonchev–Trinajstić information content (AvgIpc) is 0.750. The summed E-state index contributed by atoms with van der Waals surface area (Å²) in [5, 5.41) is 15.1. The SMILES string of the molecule is C=CCOC(=O)N[C@H]1CN(C(=O)OCc2cc(C)cc(C(F)(F)F)c2)[C@H]2CN(Cc3ccccc3)C(=O)[C@H](CNC(=O)NCCC)N2C1=O.CCCNC(=O)NC[C@H]1C(=O)N(Cc2ccccc2)C[C@@H]2N(C(=O)OCc3cc(C)cc(C(F)(F)F)c3)C[C@H](Cc3ccccc3)C(=O)N21.Cc1cc(COC(=O)N2C[C@H](Cc3ccc4ccccc4c3)C(=O)N3[C@@H]2CN(Cc2ccccc2)C(=O)[C@@H]3CN)cc(C(F)(F)F)c1. The third kappa shape index (κ3) is 27.6. The summed E-state index contributed by atoms with van der Waals surface area (Å²) in [4.78, 5) is 176. The van der Waals surface area contributed by atoms with Gasteiger partial charge in [-0.25, -0.2) is 28.8 Å². The van der Waals surface area contributed by atoms with Crippen molar-refractivity contribution in [3.8, 4) is 0 Å². The first kappa shape index (κ1) is 107. The summed E-state index contributed by atoms with van der Waals surface area (Å²) in [7, 11) is 0. The molecular weight excluding hydrogens is 1900 g/mol. The number of carbonyl (C=O) groups excluding carboxylic acids is 12. The van der Waals surface area contributed by atoms with Crippen molar-refractivity contribution >= 4 is 82.7 Å². The van der Waals surface area contributed by atoms with Crippen LogP contribution in [-0.4, -0.2) is 237 Å². The van der Waals surface area contributed by atoms with Gasteiger partial charge in [0.05, 0.1) is 54.7 Å². The van der Waals surface area contributed by atoms with Crippen LogP contribution in [0.2, 0.25) is 0 Å². The zero-order valence-electron chi connectivity index (χ0n) is 80.4. The summed E-state index contributed by atoms with van der Waals surface area (Å²) < 4.78 is 143. The monoisotopic (exact) mass is 2010 g/mol. The normalized spacial score (nSPS) is 19.5. The minimum absolute atomic E-state index is 0.00205.